The smallest absolute Gasteiger partial charge is 0.164 e. The number of para-hydroxylation sites is 1. The molecule has 0 saturated heterocycles. The third kappa shape index (κ3) is 5.00. The van der Waals surface area contributed by atoms with Gasteiger partial charge in [0.15, 0.2) is 17.5 Å². The lowest BCUT2D eigenvalue weighted by Crippen LogP contribution is -2.49. The first-order chi connectivity index (χ1) is 27.1. The molecule has 2 aromatic heterocycles. The van der Waals surface area contributed by atoms with Gasteiger partial charge in [-0.3, -0.25) is 0 Å². The zero-order valence-corrected chi connectivity index (χ0v) is 31.4. The van der Waals surface area contributed by atoms with Crippen LogP contribution < -0.4 is 0 Å². The van der Waals surface area contributed by atoms with Crippen molar-refractivity contribution in [1.82, 2.24) is 15.0 Å². The van der Waals surface area contributed by atoms with E-state index in [1.165, 1.54) is 76.3 Å². The van der Waals surface area contributed by atoms with Crippen molar-refractivity contribution >= 4 is 21.9 Å². The average Bonchev–Trinajstić information content (AvgIpc) is 3.77. The Kier molecular flexibility index (Phi) is 7.45. The van der Waals surface area contributed by atoms with E-state index in [1.807, 2.05) is 18.2 Å². The highest BCUT2D eigenvalue weighted by atomic mass is 16.3. The summed E-state index contributed by atoms with van der Waals surface area (Å²) in [6, 6.07) is 49.7. The van der Waals surface area contributed by atoms with Crippen LogP contribution in [0.5, 0.6) is 0 Å². The molecule has 0 aliphatic heterocycles. The molecule has 55 heavy (non-hydrogen) atoms. The highest BCUT2D eigenvalue weighted by Gasteiger charge is 2.58. The Morgan fingerprint density at radius 2 is 1.16 bits per heavy atom. The molecule has 0 N–H and O–H groups in total. The van der Waals surface area contributed by atoms with Crippen LogP contribution in [0.1, 0.15) is 57.1 Å². The first-order valence-corrected chi connectivity index (χ1v) is 20.2. The second kappa shape index (κ2) is 12.6. The Morgan fingerprint density at radius 3 is 1.91 bits per heavy atom. The largest absolute Gasteiger partial charge is 0.456 e. The molecule has 4 nitrogen and oxygen atoms in total. The monoisotopic (exact) mass is 713 g/mol. The fourth-order valence-electron chi connectivity index (χ4n) is 11.1. The van der Waals surface area contributed by atoms with Gasteiger partial charge in [0, 0.05) is 38.4 Å². The Bertz CT molecular complexity index is 2730. The summed E-state index contributed by atoms with van der Waals surface area (Å²) in [5.74, 6) is 4.59. The van der Waals surface area contributed by atoms with Gasteiger partial charge in [-0.25, -0.2) is 15.0 Å². The van der Waals surface area contributed by atoms with E-state index < -0.39 is 0 Å². The molecule has 4 heteroatoms. The minimum absolute atomic E-state index is 0.163. The maximum absolute atomic E-state index is 6.94. The van der Waals surface area contributed by atoms with Crippen molar-refractivity contribution in [2.45, 2.75) is 51.4 Å². The van der Waals surface area contributed by atoms with Crippen LogP contribution in [0.15, 0.2) is 144 Å². The summed E-state index contributed by atoms with van der Waals surface area (Å²) in [4.78, 5) is 15.6. The van der Waals surface area contributed by atoms with E-state index in [0.29, 0.717) is 29.3 Å². The SMILES string of the molecule is CCC1CC2CC(C)C3(c4cc(-c5nc(-c6ccccc6)nc(-c6ccc(-c7ccccc7)cc6)n5)ccc4-c4ccc5c(oc6ccccc65)c43)C(C1)C2. The molecule has 1 spiro atoms. The molecule has 0 radical (unpaired) electrons. The number of benzene rings is 6. The van der Waals surface area contributed by atoms with Crippen LogP contribution in [-0.2, 0) is 5.41 Å². The van der Waals surface area contributed by atoms with Gasteiger partial charge in [-0.05, 0) is 95.4 Å². The predicted molar refractivity (Wildman–Crippen MR) is 223 cm³/mol. The zero-order valence-electron chi connectivity index (χ0n) is 31.4. The second-order valence-electron chi connectivity index (χ2n) is 16.4. The van der Waals surface area contributed by atoms with Gasteiger partial charge in [-0.15, -0.1) is 0 Å². The highest BCUT2D eigenvalue weighted by molar-refractivity contribution is 6.09. The van der Waals surface area contributed by atoms with E-state index in [-0.39, 0.29) is 5.41 Å². The van der Waals surface area contributed by atoms with Crippen LogP contribution in [0.3, 0.4) is 0 Å². The molecule has 8 aromatic rings. The molecular formula is C51H43N3O. The quantitative estimate of drug-likeness (QED) is 0.178. The van der Waals surface area contributed by atoms with Gasteiger partial charge in [0.05, 0.1) is 0 Å². The lowest BCUT2D eigenvalue weighted by Gasteiger charge is -2.54. The van der Waals surface area contributed by atoms with Crippen LogP contribution in [0, 0.1) is 23.7 Å². The molecule has 0 amide bonds. The van der Waals surface area contributed by atoms with Crippen LogP contribution >= 0.6 is 0 Å². The summed E-state index contributed by atoms with van der Waals surface area (Å²) < 4.78 is 6.94. The van der Waals surface area contributed by atoms with Crippen molar-refractivity contribution < 1.29 is 4.42 Å². The van der Waals surface area contributed by atoms with Gasteiger partial charge in [-0.2, -0.15) is 0 Å². The molecule has 2 heterocycles. The minimum Gasteiger partial charge on any atom is -0.456 e. The lowest BCUT2D eigenvalue weighted by atomic mass is 9.49. The van der Waals surface area contributed by atoms with Crippen LogP contribution in [0.25, 0.3) is 78.4 Å². The van der Waals surface area contributed by atoms with Gasteiger partial charge in [0.2, 0.25) is 0 Å². The fourth-order valence-corrected chi connectivity index (χ4v) is 11.1. The third-order valence-corrected chi connectivity index (χ3v) is 13.5. The van der Waals surface area contributed by atoms with Crippen LogP contribution in [-0.4, -0.2) is 15.0 Å². The molecule has 5 unspecified atom stereocenters. The number of hydrogen-bond donors (Lipinski definition) is 0. The maximum atomic E-state index is 6.94. The predicted octanol–water partition coefficient (Wildman–Crippen LogP) is 13.2. The van der Waals surface area contributed by atoms with E-state index in [1.54, 1.807) is 0 Å². The molecule has 3 aliphatic carbocycles. The second-order valence-corrected chi connectivity index (χ2v) is 16.4. The van der Waals surface area contributed by atoms with Crippen molar-refractivity contribution in [1.29, 1.82) is 0 Å². The summed E-state index contributed by atoms with van der Waals surface area (Å²) >= 11 is 0. The van der Waals surface area contributed by atoms with Gasteiger partial charge in [-0.1, -0.05) is 142 Å². The van der Waals surface area contributed by atoms with Crippen LogP contribution in [0.4, 0.5) is 0 Å². The van der Waals surface area contributed by atoms with Crippen molar-refractivity contribution in [2.75, 3.05) is 0 Å². The van der Waals surface area contributed by atoms with E-state index in [0.717, 1.165) is 39.7 Å². The topological polar surface area (TPSA) is 51.8 Å². The van der Waals surface area contributed by atoms with Crippen molar-refractivity contribution in [3.8, 4) is 56.4 Å². The van der Waals surface area contributed by atoms with E-state index >= 15 is 0 Å². The summed E-state index contributed by atoms with van der Waals surface area (Å²) in [5.41, 5.74) is 12.7. The summed E-state index contributed by atoms with van der Waals surface area (Å²) in [6.45, 7) is 4.93. The highest BCUT2D eigenvalue weighted by Crippen LogP contribution is 2.66. The Morgan fingerprint density at radius 1 is 0.564 bits per heavy atom. The van der Waals surface area contributed by atoms with Gasteiger partial charge in [0.1, 0.15) is 11.2 Å². The van der Waals surface area contributed by atoms with Crippen LogP contribution in [0.2, 0.25) is 0 Å². The van der Waals surface area contributed by atoms with Crippen molar-refractivity contribution in [3.05, 3.63) is 151 Å². The van der Waals surface area contributed by atoms with Gasteiger partial charge >= 0.3 is 0 Å². The standard InChI is InChI=1S/C51H43N3O/c1-3-32-27-33-26-31(2)51(39(28-32)29-33)44-30-38(22-23-40(44)42-24-25-43-41-16-10-11-17-45(41)55-47(43)46(42)51)50-53-48(36-14-8-5-9-15-36)52-49(54-50)37-20-18-35(19-21-37)34-12-6-4-7-13-34/h4-25,30-33,39H,3,26-29H2,1-2H3. The number of fused-ring (bicyclic) bond motifs is 12. The number of rotatable bonds is 5. The number of hydrogen-bond acceptors (Lipinski definition) is 4. The van der Waals surface area contributed by atoms with E-state index in [9.17, 15) is 0 Å². The van der Waals surface area contributed by atoms with Crippen molar-refractivity contribution in [2.24, 2.45) is 23.7 Å². The van der Waals surface area contributed by atoms with Gasteiger partial charge < -0.3 is 4.42 Å². The summed E-state index contributed by atoms with van der Waals surface area (Å²) in [5, 5.41) is 2.43. The molecule has 2 bridgehead atoms. The summed E-state index contributed by atoms with van der Waals surface area (Å²) in [7, 11) is 0. The molecule has 268 valence electrons. The zero-order chi connectivity index (χ0) is 36.7. The Balaban J connectivity index is 1.11. The number of furan rings is 1. The Labute approximate surface area is 322 Å². The van der Waals surface area contributed by atoms with Crippen molar-refractivity contribution in [3.63, 3.8) is 0 Å². The normalized spacial score (nSPS) is 22.6. The first-order valence-electron chi connectivity index (χ1n) is 20.2. The molecule has 3 aliphatic rings. The molecule has 11 rings (SSSR count). The molecule has 2 saturated carbocycles. The van der Waals surface area contributed by atoms with E-state index in [4.69, 9.17) is 19.4 Å². The molecule has 6 aromatic carbocycles. The lowest BCUT2D eigenvalue weighted by molar-refractivity contribution is 0.0371. The summed E-state index contributed by atoms with van der Waals surface area (Å²) in [6.07, 6.45) is 6.37. The minimum atomic E-state index is -0.163. The maximum Gasteiger partial charge on any atom is 0.164 e. The van der Waals surface area contributed by atoms with E-state index in [2.05, 4.69) is 135 Å². The molecule has 5 atom stereocenters. The fraction of sp³-hybridized carbons (Fsp3) is 0.235. The molecule has 2 fully saturated rings. The first kappa shape index (κ1) is 32.6. The number of aromatic nitrogens is 3. The van der Waals surface area contributed by atoms with Gasteiger partial charge in [0.25, 0.3) is 0 Å². The average molecular weight is 714 g/mol. The number of nitrogens with zero attached hydrogens (tertiary/aromatic N) is 3. The molecular weight excluding hydrogens is 671 g/mol. The Hall–Kier alpha value is -5.87. The third-order valence-electron chi connectivity index (χ3n) is 13.5.